The second-order valence-electron chi connectivity index (χ2n) is 4.57. The molecule has 0 aromatic heterocycles. The van der Waals surface area contributed by atoms with Crippen LogP contribution in [0.5, 0.6) is 0 Å². The Morgan fingerprint density at radius 2 is 2.12 bits per heavy atom. The van der Waals surface area contributed by atoms with Gasteiger partial charge in [0.1, 0.15) is 0 Å². The lowest BCUT2D eigenvalue weighted by Crippen LogP contribution is -2.49. The molecule has 1 aliphatic rings. The van der Waals surface area contributed by atoms with Crippen LogP contribution in [-0.4, -0.2) is 53.1 Å². The topological polar surface area (TPSA) is 60.9 Å². The Bertz CT molecular complexity index is 281. The van der Waals surface area contributed by atoms with Gasteiger partial charge in [0.25, 0.3) is 0 Å². The van der Waals surface area contributed by atoms with Crippen molar-refractivity contribution >= 4 is 12.0 Å². The van der Waals surface area contributed by atoms with Gasteiger partial charge in [-0.15, -0.1) is 0 Å². The van der Waals surface area contributed by atoms with Crippen molar-refractivity contribution in [1.82, 2.24) is 9.80 Å². The van der Waals surface area contributed by atoms with Gasteiger partial charge in [-0.25, -0.2) is 4.79 Å². The van der Waals surface area contributed by atoms with E-state index in [1.807, 2.05) is 11.8 Å². The molecule has 1 rings (SSSR count). The van der Waals surface area contributed by atoms with E-state index in [1.54, 1.807) is 11.9 Å². The molecule has 0 aliphatic carbocycles. The summed E-state index contributed by atoms with van der Waals surface area (Å²) in [7, 11) is 1.78. The molecule has 2 amide bonds. The van der Waals surface area contributed by atoms with Crippen molar-refractivity contribution in [3.63, 3.8) is 0 Å². The van der Waals surface area contributed by atoms with Crippen molar-refractivity contribution in [1.29, 1.82) is 0 Å². The van der Waals surface area contributed by atoms with E-state index in [9.17, 15) is 9.59 Å². The summed E-state index contributed by atoms with van der Waals surface area (Å²) in [5.41, 5.74) is 0. The maximum Gasteiger partial charge on any atom is 0.319 e. The summed E-state index contributed by atoms with van der Waals surface area (Å²) >= 11 is 0. The van der Waals surface area contributed by atoms with Gasteiger partial charge in [0.15, 0.2) is 0 Å². The Kier molecular flexibility index (Phi) is 5.25. The second-order valence-corrected chi connectivity index (χ2v) is 4.57. The molecule has 0 aromatic carbocycles. The van der Waals surface area contributed by atoms with Crippen LogP contribution in [0, 0.1) is 0 Å². The number of amides is 2. The zero-order chi connectivity index (χ0) is 12.8. The number of hydrogen-bond donors (Lipinski definition) is 1. The Morgan fingerprint density at radius 1 is 1.41 bits per heavy atom. The molecule has 0 saturated carbocycles. The van der Waals surface area contributed by atoms with Crippen molar-refractivity contribution < 1.29 is 14.7 Å². The van der Waals surface area contributed by atoms with Gasteiger partial charge in [-0.3, -0.25) is 4.79 Å². The minimum Gasteiger partial charge on any atom is -0.481 e. The van der Waals surface area contributed by atoms with E-state index in [2.05, 4.69) is 0 Å². The molecule has 0 aromatic rings. The molecule has 1 saturated heterocycles. The number of aliphatic carboxylic acids is 1. The van der Waals surface area contributed by atoms with Crippen molar-refractivity contribution in [2.75, 3.05) is 20.1 Å². The molecule has 1 unspecified atom stereocenters. The third-order valence-electron chi connectivity index (χ3n) is 3.37. The smallest absolute Gasteiger partial charge is 0.319 e. The van der Waals surface area contributed by atoms with Crippen molar-refractivity contribution in [3.8, 4) is 0 Å². The van der Waals surface area contributed by atoms with Crippen LogP contribution in [0.3, 0.4) is 0 Å². The second kappa shape index (κ2) is 6.47. The first-order valence-electron chi connectivity index (χ1n) is 6.29. The summed E-state index contributed by atoms with van der Waals surface area (Å²) in [5.74, 6) is -0.785. The molecule has 1 N–H and O–H groups in total. The molecule has 0 bridgehead atoms. The maximum absolute atomic E-state index is 12.1. The van der Waals surface area contributed by atoms with Crippen LogP contribution in [0.15, 0.2) is 0 Å². The summed E-state index contributed by atoms with van der Waals surface area (Å²) in [6.45, 7) is 3.38. The number of carbonyl (C=O) groups is 2. The summed E-state index contributed by atoms with van der Waals surface area (Å²) < 4.78 is 0. The average Bonchev–Trinajstić information content (AvgIpc) is 2.34. The quantitative estimate of drug-likeness (QED) is 0.817. The lowest BCUT2D eigenvalue weighted by molar-refractivity contribution is -0.137. The molecule has 0 radical (unpaired) electrons. The van der Waals surface area contributed by atoms with Crippen LogP contribution < -0.4 is 0 Å². The Morgan fingerprint density at radius 3 is 2.71 bits per heavy atom. The maximum atomic E-state index is 12.1. The Balaban J connectivity index is 2.58. The Hall–Kier alpha value is -1.26. The van der Waals surface area contributed by atoms with Crippen LogP contribution in [-0.2, 0) is 4.79 Å². The van der Waals surface area contributed by atoms with E-state index >= 15 is 0 Å². The molecule has 1 aliphatic heterocycles. The van der Waals surface area contributed by atoms with Crippen molar-refractivity contribution in [2.45, 2.75) is 45.1 Å². The molecule has 1 fully saturated rings. The Labute approximate surface area is 102 Å². The molecule has 98 valence electrons. The van der Waals surface area contributed by atoms with E-state index < -0.39 is 5.97 Å². The lowest BCUT2D eigenvalue weighted by atomic mass is 9.98. The number of carboxylic acids is 1. The highest BCUT2D eigenvalue weighted by Gasteiger charge is 2.28. The molecule has 1 atom stereocenters. The van der Waals surface area contributed by atoms with Gasteiger partial charge >= 0.3 is 12.0 Å². The predicted octanol–water partition coefficient (Wildman–Crippen LogP) is 1.78. The number of urea groups is 1. The SMILES string of the molecule is CCN(C)C(=O)N1CCCCC1CCC(=O)O. The third-order valence-corrected chi connectivity index (χ3v) is 3.37. The third kappa shape index (κ3) is 3.91. The first kappa shape index (κ1) is 13.8. The summed E-state index contributed by atoms with van der Waals surface area (Å²) in [6.07, 6.45) is 3.75. The number of nitrogens with zero attached hydrogens (tertiary/aromatic N) is 2. The van der Waals surface area contributed by atoms with Gasteiger partial charge in [-0.2, -0.15) is 0 Å². The number of carbonyl (C=O) groups excluding carboxylic acids is 1. The predicted molar refractivity (Wildman–Crippen MR) is 64.9 cm³/mol. The van der Waals surface area contributed by atoms with Crippen LogP contribution in [0.4, 0.5) is 4.79 Å². The molecule has 5 heteroatoms. The standard InChI is InChI=1S/C12H22N2O3/c1-3-13(2)12(17)14-9-5-4-6-10(14)7-8-11(15)16/h10H,3-9H2,1-2H3,(H,15,16). The zero-order valence-corrected chi connectivity index (χ0v) is 10.7. The fourth-order valence-corrected chi connectivity index (χ4v) is 2.20. The van der Waals surface area contributed by atoms with E-state index in [1.165, 1.54) is 0 Å². The van der Waals surface area contributed by atoms with E-state index in [0.717, 1.165) is 25.8 Å². The van der Waals surface area contributed by atoms with E-state index in [0.29, 0.717) is 13.0 Å². The van der Waals surface area contributed by atoms with Gasteiger partial charge in [0.05, 0.1) is 0 Å². The van der Waals surface area contributed by atoms with Crippen molar-refractivity contribution in [3.05, 3.63) is 0 Å². The molecular weight excluding hydrogens is 220 g/mol. The molecule has 5 nitrogen and oxygen atoms in total. The van der Waals surface area contributed by atoms with Gasteiger partial charge in [0, 0.05) is 32.6 Å². The van der Waals surface area contributed by atoms with Crippen LogP contribution >= 0.6 is 0 Å². The minimum absolute atomic E-state index is 0.0302. The highest BCUT2D eigenvalue weighted by molar-refractivity contribution is 5.74. The van der Waals surface area contributed by atoms with Crippen LogP contribution in [0.2, 0.25) is 0 Å². The number of rotatable bonds is 4. The van der Waals surface area contributed by atoms with Crippen LogP contribution in [0.25, 0.3) is 0 Å². The van der Waals surface area contributed by atoms with Crippen LogP contribution in [0.1, 0.15) is 39.0 Å². The number of likely N-dealkylation sites (tertiary alicyclic amines) is 1. The molecular formula is C12H22N2O3. The number of hydrogen-bond acceptors (Lipinski definition) is 2. The van der Waals surface area contributed by atoms with Gasteiger partial charge in [-0.1, -0.05) is 0 Å². The highest BCUT2D eigenvalue weighted by Crippen LogP contribution is 2.22. The molecule has 0 spiro atoms. The highest BCUT2D eigenvalue weighted by atomic mass is 16.4. The largest absolute Gasteiger partial charge is 0.481 e. The minimum atomic E-state index is -0.785. The zero-order valence-electron chi connectivity index (χ0n) is 10.7. The first-order chi connectivity index (χ1) is 8.06. The van der Waals surface area contributed by atoms with E-state index in [4.69, 9.17) is 5.11 Å². The monoisotopic (exact) mass is 242 g/mol. The van der Waals surface area contributed by atoms with Gasteiger partial charge in [-0.05, 0) is 32.6 Å². The summed E-state index contributed by atoms with van der Waals surface area (Å²) in [5, 5.41) is 8.71. The fourth-order valence-electron chi connectivity index (χ4n) is 2.20. The molecule has 1 heterocycles. The number of carboxylic acid groups (broad SMARTS) is 1. The van der Waals surface area contributed by atoms with E-state index in [-0.39, 0.29) is 18.5 Å². The summed E-state index contributed by atoms with van der Waals surface area (Å²) in [6, 6.07) is 0.129. The number of piperidine rings is 1. The molecule has 17 heavy (non-hydrogen) atoms. The fraction of sp³-hybridized carbons (Fsp3) is 0.833. The van der Waals surface area contributed by atoms with Crippen molar-refractivity contribution in [2.24, 2.45) is 0 Å². The van der Waals surface area contributed by atoms with Gasteiger partial charge < -0.3 is 14.9 Å². The lowest BCUT2D eigenvalue weighted by Gasteiger charge is -2.37. The van der Waals surface area contributed by atoms with Gasteiger partial charge in [0.2, 0.25) is 0 Å². The average molecular weight is 242 g/mol. The summed E-state index contributed by atoms with van der Waals surface area (Å²) in [4.78, 5) is 26.2. The first-order valence-corrected chi connectivity index (χ1v) is 6.29. The normalized spacial score (nSPS) is 20.1.